The van der Waals surface area contributed by atoms with E-state index < -0.39 is 11.0 Å². The summed E-state index contributed by atoms with van der Waals surface area (Å²) in [6.45, 7) is 10.8. The van der Waals surface area contributed by atoms with Gasteiger partial charge in [-0.3, -0.25) is 4.31 Å². The fourth-order valence-electron chi connectivity index (χ4n) is 2.14. The Hall–Kier alpha value is -1.35. The number of benzene rings is 2. The number of hydrogen-bond donors (Lipinski definition) is 0. The molecule has 0 aliphatic carbocycles. The minimum Gasteiger partial charge on any atom is -0.287 e. The summed E-state index contributed by atoms with van der Waals surface area (Å²) in [5.41, 5.74) is 1.10. The van der Waals surface area contributed by atoms with Gasteiger partial charge in [-0.05, 0) is 24.4 Å². The van der Waals surface area contributed by atoms with Gasteiger partial charge in [-0.25, -0.2) is 4.21 Å². The van der Waals surface area contributed by atoms with E-state index in [0.29, 0.717) is 0 Å². The Morgan fingerprint density at radius 3 is 2.16 bits per heavy atom. The van der Waals surface area contributed by atoms with Gasteiger partial charge in [-0.2, -0.15) is 0 Å². The third-order valence-corrected chi connectivity index (χ3v) is 4.36. The average Bonchev–Trinajstić information content (AvgIpc) is 2.78. The molecule has 0 saturated heterocycles. The molecule has 0 bridgehead atoms. The van der Waals surface area contributed by atoms with Crippen LogP contribution in [0.2, 0.25) is 0 Å². The molecule has 0 aromatic heterocycles. The molecule has 0 fully saturated rings. The van der Waals surface area contributed by atoms with E-state index in [-0.39, 0.29) is 0 Å². The summed E-state index contributed by atoms with van der Waals surface area (Å²) < 4.78 is 14.1. The van der Waals surface area contributed by atoms with Gasteiger partial charge < -0.3 is 0 Å². The normalized spacial score (nSPS) is 15.4. The maximum Gasteiger partial charge on any atom is 0.153 e. The number of hydrogen-bond acceptors (Lipinski definition) is 1. The summed E-state index contributed by atoms with van der Waals surface area (Å²) >= 11 is 0. The van der Waals surface area contributed by atoms with Crippen LogP contribution in [0.25, 0.3) is 10.8 Å². The molecule has 0 spiro atoms. The molecule has 0 amide bonds. The van der Waals surface area contributed by atoms with E-state index in [9.17, 15) is 4.21 Å². The van der Waals surface area contributed by atoms with Crippen molar-refractivity contribution in [2.45, 2.75) is 39.5 Å². The van der Waals surface area contributed by atoms with E-state index in [4.69, 9.17) is 0 Å². The largest absolute Gasteiger partial charge is 0.287 e. The number of anilines is 1. The first-order valence-electron chi connectivity index (χ1n) is 7.04. The van der Waals surface area contributed by atoms with Gasteiger partial charge in [0.2, 0.25) is 0 Å². The van der Waals surface area contributed by atoms with Crippen molar-refractivity contribution in [1.82, 2.24) is 0 Å². The van der Waals surface area contributed by atoms with Crippen LogP contribution in [-0.4, -0.2) is 10.8 Å². The lowest BCUT2D eigenvalue weighted by molar-refractivity contribution is 0.682. The van der Waals surface area contributed by atoms with Gasteiger partial charge in [0, 0.05) is 11.9 Å². The van der Waals surface area contributed by atoms with Crippen LogP contribution >= 0.6 is 0 Å². The molecule has 2 aromatic rings. The van der Waals surface area contributed by atoms with Gasteiger partial charge in [-0.15, -0.1) is 0 Å². The quantitative estimate of drug-likeness (QED) is 0.736. The van der Waals surface area contributed by atoms with Crippen molar-refractivity contribution in [3.05, 3.63) is 36.4 Å². The molecular formula is C16H23NOS. The standard InChI is InChI=1S/C12H11NOS.2C2H6/c1-2-13-10-7-3-5-9-6-4-8-11(12(9)10)15(13)14;2*1-2/h3-8H,2H2,1H3;2*1-2H3. The van der Waals surface area contributed by atoms with Crippen molar-refractivity contribution in [2.24, 2.45) is 0 Å². The number of nitrogens with zero attached hydrogens (tertiary/aromatic N) is 1. The highest BCUT2D eigenvalue weighted by Crippen LogP contribution is 2.39. The Labute approximate surface area is 119 Å². The minimum absolute atomic E-state index is 0.778. The molecule has 0 N–H and O–H groups in total. The second-order valence-electron chi connectivity index (χ2n) is 3.58. The van der Waals surface area contributed by atoms with Gasteiger partial charge in [0.25, 0.3) is 0 Å². The lowest BCUT2D eigenvalue weighted by Crippen LogP contribution is -2.20. The van der Waals surface area contributed by atoms with Gasteiger partial charge in [0.15, 0.2) is 11.0 Å². The molecule has 1 aliphatic rings. The van der Waals surface area contributed by atoms with E-state index in [2.05, 4.69) is 12.1 Å². The van der Waals surface area contributed by atoms with Crippen LogP contribution in [0.3, 0.4) is 0 Å². The Morgan fingerprint density at radius 2 is 1.58 bits per heavy atom. The van der Waals surface area contributed by atoms with E-state index in [1.165, 1.54) is 5.39 Å². The first kappa shape index (κ1) is 15.7. The molecule has 1 atom stereocenters. The third kappa shape index (κ3) is 2.66. The smallest absolute Gasteiger partial charge is 0.153 e. The van der Waals surface area contributed by atoms with Crippen LogP contribution in [0.1, 0.15) is 34.6 Å². The topological polar surface area (TPSA) is 20.3 Å². The van der Waals surface area contributed by atoms with Crippen molar-refractivity contribution in [3.63, 3.8) is 0 Å². The maximum atomic E-state index is 12.1. The molecular weight excluding hydrogens is 254 g/mol. The predicted molar refractivity (Wildman–Crippen MR) is 86.1 cm³/mol. The summed E-state index contributed by atoms with van der Waals surface area (Å²) in [5, 5.41) is 2.33. The summed E-state index contributed by atoms with van der Waals surface area (Å²) in [6, 6.07) is 12.1. The van der Waals surface area contributed by atoms with Crippen LogP contribution in [0, 0.1) is 0 Å². The summed E-state index contributed by atoms with van der Waals surface area (Å²) in [5.74, 6) is 0. The van der Waals surface area contributed by atoms with Gasteiger partial charge in [0.05, 0.1) is 10.6 Å². The third-order valence-electron chi connectivity index (χ3n) is 2.79. The Morgan fingerprint density at radius 1 is 1.00 bits per heavy atom. The van der Waals surface area contributed by atoms with Gasteiger partial charge >= 0.3 is 0 Å². The zero-order valence-corrected chi connectivity index (χ0v) is 13.3. The predicted octanol–water partition coefficient (Wildman–Crippen LogP) is 4.75. The molecule has 2 aromatic carbocycles. The molecule has 104 valence electrons. The zero-order chi connectivity index (χ0) is 14.4. The Bertz CT molecular complexity index is 560. The highest BCUT2D eigenvalue weighted by atomic mass is 32.2. The summed E-state index contributed by atoms with van der Waals surface area (Å²) in [6.07, 6.45) is 0. The molecule has 0 saturated carbocycles. The van der Waals surface area contributed by atoms with Crippen molar-refractivity contribution >= 4 is 27.4 Å². The molecule has 2 nitrogen and oxygen atoms in total. The second kappa shape index (κ2) is 7.29. The molecule has 1 heterocycles. The van der Waals surface area contributed by atoms with E-state index >= 15 is 0 Å². The van der Waals surface area contributed by atoms with Gasteiger partial charge in [0.1, 0.15) is 0 Å². The van der Waals surface area contributed by atoms with Crippen LogP contribution < -0.4 is 4.31 Å². The van der Waals surface area contributed by atoms with Crippen LogP contribution in [0.5, 0.6) is 0 Å². The van der Waals surface area contributed by atoms with Gasteiger partial charge in [-0.1, -0.05) is 52.0 Å². The lowest BCUT2D eigenvalue weighted by Gasteiger charge is -2.14. The number of rotatable bonds is 1. The summed E-state index contributed by atoms with van der Waals surface area (Å²) in [7, 11) is -1.01. The second-order valence-corrected chi connectivity index (χ2v) is 4.95. The molecule has 3 rings (SSSR count). The van der Waals surface area contributed by atoms with Crippen LogP contribution in [-0.2, 0) is 11.0 Å². The molecule has 1 unspecified atom stereocenters. The van der Waals surface area contributed by atoms with E-state index in [1.54, 1.807) is 0 Å². The minimum atomic E-state index is -1.01. The van der Waals surface area contributed by atoms with Crippen molar-refractivity contribution in [1.29, 1.82) is 0 Å². The highest BCUT2D eigenvalue weighted by molar-refractivity contribution is 7.87. The van der Waals surface area contributed by atoms with E-state index in [1.807, 2.05) is 63.2 Å². The average molecular weight is 277 g/mol. The monoisotopic (exact) mass is 277 g/mol. The zero-order valence-electron chi connectivity index (χ0n) is 12.4. The SMILES string of the molecule is CC.CC.CCN1c2cccc3cccc(c23)S1=O. The maximum absolute atomic E-state index is 12.1. The fraction of sp³-hybridized carbons (Fsp3) is 0.375. The van der Waals surface area contributed by atoms with E-state index in [0.717, 1.165) is 22.5 Å². The Kier molecular flexibility index (Phi) is 6.03. The first-order valence-corrected chi connectivity index (χ1v) is 8.15. The van der Waals surface area contributed by atoms with Crippen LogP contribution in [0.4, 0.5) is 5.69 Å². The van der Waals surface area contributed by atoms with Crippen molar-refractivity contribution in [2.75, 3.05) is 10.8 Å². The molecule has 1 aliphatic heterocycles. The first-order chi connectivity index (χ1) is 9.33. The molecule has 19 heavy (non-hydrogen) atoms. The molecule has 0 radical (unpaired) electrons. The van der Waals surface area contributed by atoms with Crippen molar-refractivity contribution < 1.29 is 4.21 Å². The Balaban J connectivity index is 0.000000415. The van der Waals surface area contributed by atoms with Crippen LogP contribution in [0.15, 0.2) is 41.3 Å². The summed E-state index contributed by atoms with van der Waals surface area (Å²) in [4.78, 5) is 0.949. The lowest BCUT2D eigenvalue weighted by atomic mass is 10.1. The van der Waals surface area contributed by atoms with Crippen molar-refractivity contribution in [3.8, 4) is 0 Å². The fourth-order valence-corrected chi connectivity index (χ4v) is 3.53. The highest BCUT2D eigenvalue weighted by Gasteiger charge is 2.26. The molecule has 3 heteroatoms.